The molecule has 228 valence electrons. The highest BCUT2D eigenvalue weighted by Gasteiger charge is 2.44. The van der Waals surface area contributed by atoms with Crippen molar-refractivity contribution in [1.29, 1.82) is 0 Å². The van der Waals surface area contributed by atoms with Crippen molar-refractivity contribution in [2.45, 2.75) is 44.2 Å². The SMILES string of the molecule is O=C(O)C[C@@H](CCOC(=O)c1c(Cl)cccc1Cl)NC(=O)[C@@H]1CCCN2C(=O)CCN(NC(=O)c3ccccc3)C(=O)N12. The summed E-state index contributed by atoms with van der Waals surface area (Å²) in [7, 11) is 0. The summed E-state index contributed by atoms with van der Waals surface area (Å²) < 4.78 is 5.23. The number of amides is 5. The van der Waals surface area contributed by atoms with E-state index in [0.29, 0.717) is 12.0 Å². The van der Waals surface area contributed by atoms with Gasteiger partial charge in [-0.15, -0.1) is 0 Å². The molecule has 4 rings (SSSR count). The van der Waals surface area contributed by atoms with Gasteiger partial charge in [-0.1, -0.05) is 47.5 Å². The molecule has 2 aromatic rings. The summed E-state index contributed by atoms with van der Waals surface area (Å²) in [5, 5.41) is 15.4. The Morgan fingerprint density at radius 3 is 2.37 bits per heavy atom. The molecule has 5 amide bonds. The van der Waals surface area contributed by atoms with Gasteiger partial charge in [0.15, 0.2) is 0 Å². The van der Waals surface area contributed by atoms with Gasteiger partial charge in [0.2, 0.25) is 11.8 Å². The second-order valence-electron chi connectivity index (χ2n) is 9.84. The van der Waals surface area contributed by atoms with Gasteiger partial charge in [-0.3, -0.25) is 24.6 Å². The van der Waals surface area contributed by atoms with Crippen LogP contribution in [-0.2, 0) is 19.1 Å². The quantitative estimate of drug-likeness (QED) is 0.336. The maximum atomic E-state index is 13.6. The number of nitrogens with zero attached hydrogens (tertiary/aromatic N) is 3. The number of esters is 1. The van der Waals surface area contributed by atoms with E-state index in [2.05, 4.69) is 10.7 Å². The van der Waals surface area contributed by atoms with E-state index in [0.717, 1.165) is 10.0 Å². The molecule has 0 radical (unpaired) electrons. The van der Waals surface area contributed by atoms with Crippen LogP contribution in [0.25, 0.3) is 0 Å². The summed E-state index contributed by atoms with van der Waals surface area (Å²) in [6, 6.07) is 9.75. The van der Waals surface area contributed by atoms with Crippen molar-refractivity contribution in [2.24, 2.45) is 0 Å². The minimum Gasteiger partial charge on any atom is -0.481 e. The van der Waals surface area contributed by atoms with E-state index >= 15 is 0 Å². The van der Waals surface area contributed by atoms with Crippen LogP contribution in [0.2, 0.25) is 10.0 Å². The Morgan fingerprint density at radius 1 is 1.00 bits per heavy atom. The van der Waals surface area contributed by atoms with Crippen molar-refractivity contribution >= 4 is 58.9 Å². The van der Waals surface area contributed by atoms with Crippen LogP contribution in [0.5, 0.6) is 0 Å². The molecule has 2 saturated heterocycles. The second kappa shape index (κ2) is 14.2. The van der Waals surface area contributed by atoms with Crippen molar-refractivity contribution in [1.82, 2.24) is 25.8 Å². The number of hydrogen-bond donors (Lipinski definition) is 3. The molecule has 0 aromatic heterocycles. The molecule has 3 N–H and O–H groups in total. The molecule has 13 nitrogen and oxygen atoms in total. The summed E-state index contributed by atoms with van der Waals surface area (Å²) in [6.07, 6.45) is -0.0768. The molecular formula is C28H29Cl2N5O8. The summed E-state index contributed by atoms with van der Waals surface area (Å²) in [6.45, 7) is -0.191. The van der Waals surface area contributed by atoms with Gasteiger partial charge in [0, 0.05) is 31.0 Å². The molecule has 2 aromatic carbocycles. The van der Waals surface area contributed by atoms with Gasteiger partial charge < -0.3 is 15.2 Å². The fraction of sp³-hybridized carbons (Fsp3) is 0.357. The topological polar surface area (TPSA) is 166 Å². The highest BCUT2D eigenvalue weighted by atomic mass is 35.5. The number of rotatable bonds is 10. The predicted octanol–water partition coefficient (Wildman–Crippen LogP) is 2.88. The van der Waals surface area contributed by atoms with Gasteiger partial charge in [0.25, 0.3) is 5.91 Å². The van der Waals surface area contributed by atoms with E-state index in [1.54, 1.807) is 36.4 Å². The van der Waals surface area contributed by atoms with Crippen LogP contribution in [0.4, 0.5) is 4.79 Å². The third kappa shape index (κ3) is 7.73. The van der Waals surface area contributed by atoms with Gasteiger partial charge in [0.05, 0.1) is 35.2 Å². The van der Waals surface area contributed by atoms with E-state index in [1.165, 1.54) is 17.1 Å². The van der Waals surface area contributed by atoms with E-state index in [4.69, 9.17) is 27.9 Å². The minimum atomic E-state index is -1.22. The first-order chi connectivity index (χ1) is 20.6. The summed E-state index contributed by atoms with van der Waals surface area (Å²) >= 11 is 12.1. The minimum absolute atomic E-state index is 0.0415. The van der Waals surface area contributed by atoms with Crippen LogP contribution in [0.15, 0.2) is 48.5 Å². The molecule has 0 spiro atoms. The normalized spacial score (nSPS) is 17.4. The number of carboxylic acids is 1. The molecule has 2 atom stereocenters. The monoisotopic (exact) mass is 633 g/mol. The number of fused-ring (bicyclic) bond motifs is 1. The number of carbonyl (C=O) groups is 6. The number of urea groups is 1. The first-order valence-electron chi connectivity index (χ1n) is 13.5. The molecule has 0 bridgehead atoms. The highest BCUT2D eigenvalue weighted by molar-refractivity contribution is 6.39. The molecule has 2 fully saturated rings. The molecule has 2 heterocycles. The number of halogens is 2. The maximum absolute atomic E-state index is 13.6. The fourth-order valence-corrected chi connectivity index (χ4v) is 5.34. The van der Waals surface area contributed by atoms with E-state index in [1.807, 2.05) is 0 Å². The molecular weight excluding hydrogens is 605 g/mol. The lowest BCUT2D eigenvalue weighted by Gasteiger charge is -2.43. The summed E-state index contributed by atoms with van der Waals surface area (Å²) in [5.41, 5.74) is 2.77. The van der Waals surface area contributed by atoms with Crippen LogP contribution in [0, 0.1) is 0 Å². The molecule has 43 heavy (non-hydrogen) atoms. The predicted molar refractivity (Wildman–Crippen MR) is 153 cm³/mol. The number of carbonyl (C=O) groups excluding carboxylic acids is 5. The number of ether oxygens (including phenoxy) is 1. The van der Waals surface area contributed by atoms with Gasteiger partial charge in [-0.25, -0.2) is 24.6 Å². The average molecular weight is 634 g/mol. The lowest BCUT2D eigenvalue weighted by molar-refractivity contribution is -0.155. The zero-order chi connectivity index (χ0) is 31.1. The molecule has 0 aliphatic carbocycles. The standard InChI is InChI=1S/C28H29Cl2N5O8/c29-19-8-4-9-20(30)24(19)27(41)43-15-12-18(16-23(37)38)31-26(40)21-10-5-13-34-22(36)11-14-33(28(42)35(21)34)32-25(39)17-6-2-1-3-7-17/h1-4,6-9,18,21H,5,10-16H2,(H,31,40)(H,32,39)(H,37,38)/t18-,21+/m1/s1. The first-order valence-corrected chi connectivity index (χ1v) is 14.2. The third-order valence-corrected chi connectivity index (χ3v) is 7.51. The van der Waals surface area contributed by atoms with Gasteiger partial charge in [0.1, 0.15) is 6.04 Å². The van der Waals surface area contributed by atoms with Crippen molar-refractivity contribution in [3.05, 3.63) is 69.7 Å². The molecule has 2 aliphatic rings. The number of hydrazine groups is 2. The number of carboxylic acid groups (broad SMARTS) is 1. The zero-order valence-corrected chi connectivity index (χ0v) is 24.3. The number of nitrogens with one attached hydrogen (secondary N) is 2. The van der Waals surface area contributed by atoms with Crippen LogP contribution in [-0.4, -0.2) is 87.6 Å². The van der Waals surface area contributed by atoms with Crippen molar-refractivity contribution in [3.63, 3.8) is 0 Å². The molecule has 2 aliphatic heterocycles. The van der Waals surface area contributed by atoms with Gasteiger partial charge in [-0.05, 0) is 37.1 Å². The average Bonchev–Trinajstić information content (AvgIpc) is 3.09. The molecule has 15 heteroatoms. The van der Waals surface area contributed by atoms with Crippen LogP contribution in [0.1, 0.15) is 52.8 Å². The molecule has 0 unspecified atom stereocenters. The van der Waals surface area contributed by atoms with Crippen LogP contribution < -0.4 is 10.7 Å². The van der Waals surface area contributed by atoms with Crippen molar-refractivity contribution in [2.75, 3.05) is 19.7 Å². The Bertz CT molecular complexity index is 1390. The highest BCUT2D eigenvalue weighted by Crippen LogP contribution is 2.26. The van der Waals surface area contributed by atoms with Crippen molar-refractivity contribution in [3.8, 4) is 0 Å². The Morgan fingerprint density at radius 2 is 1.70 bits per heavy atom. The van der Waals surface area contributed by atoms with Gasteiger partial charge in [-0.2, -0.15) is 0 Å². The Kier molecular flexibility index (Phi) is 10.4. The van der Waals surface area contributed by atoms with Crippen LogP contribution >= 0.6 is 23.2 Å². The number of benzene rings is 2. The smallest absolute Gasteiger partial charge is 0.358 e. The Hall–Kier alpha value is -4.36. The first kappa shape index (κ1) is 31.6. The number of hydrogen-bond acceptors (Lipinski definition) is 7. The van der Waals surface area contributed by atoms with Gasteiger partial charge >= 0.3 is 18.0 Å². The number of aliphatic carboxylic acids is 1. The Balaban J connectivity index is 1.45. The van der Waals surface area contributed by atoms with E-state index < -0.39 is 54.2 Å². The summed E-state index contributed by atoms with van der Waals surface area (Å²) in [4.78, 5) is 76.8. The fourth-order valence-electron chi connectivity index (χ4n) is 4.78. The van der Waals surface area contributed by atoms with Crippen LogP contribution in [0.3, 0.4) is 0 Å². The Labute approximate surface area is 256 Å². The summed E-state index contributed by atoms with van der Waals surface area (Å²) in [5.74, 6) is -3.71. The lowest BCUT2D eigenvalue weighted by Crippen LogP contribution is -2.64. The largest absolute Gasteiger partial charge is 0.481 e. The second-order valence-corrected chi connectivity index (χ2v) is 10.6. The van der Waals surface area contributed by atoms with E-state index in [9.17, 15) is 33.9 Å². The third-order valence-electron chi connectivity index (χ3n) is 6.88. The van der Waals surface area contributed by atoms with Crippen molar-refractivity contribution < 1.29 is 38.6 Å². The maximum Gasteiger partial charge on any atom is 0.358 e. The lowest BCUT2D eigenvalue weighted by atomic mass is 10.0. The molecule has 0 saturated carbocycles. The zero-order valence-electron chi connectivity index (χ0n) is 22.8. The van der Waals surface area contributed by atoms with E-state index in [-0.39, 0.29) is 54.6 Å².